The van der Waals surface area contributed by atoms with E-state index >= 15 is 0 Å². The van der Waals surface area contributed by atoms with E-state index in [9.17, 15) is 24.3 Å². The zero-order valence-electron chi connectivity index (χ0n) is 15.6. The molecule has 0 radical (unpaired) electrons. The Morgan fingerprint density at radius 1 is 1.30 bits per heavy atom. The first-order valence-corrected chi connectivity index (χ1v) is 8.85. The molecule has 1 atom stereocenters. The van der Waals surface area contributed by atoms with Gasteiger partial charge in [-0.05, 0) is 39.3 Å². The second kappa shape index (κ2) is 6.68. The summed E-state index contributed by atoms with van der Waals surface area (Å²) in [6.07, 6.45) is 0.481. The number of fused-ring (bicyclic) bond motifs is 1. The third-order valence-corrected chi connectivity index (χ3v) is 4.95. The number of carbonyl (C=O) groups excluding carboxylic acids is 3. The maximum atomic E-state index is 12.9. The molecule has 0 aromatic heterocycles. The van der Waals surface area contributed by atoms with E-state index in [0.717, 1.165) is 0 Å². The summed E-state index contributed by atoms with van der Waals surface area (Å²) in [4.78, 5) is 51.1. The molecule has 1 aromatic carbocycles. The Hall–Kier alpha value is -2.90. The fourth-order valence-electron chi connectivity index (χ4n) is 3.64. The molecule has 2 aliphatic rings. The smallest absolute Gasteiger partial charge is 0.323 e. The lowest BCUT2D eigenvalue weighted by Crippen LogP contribution is -2.52. The van der Waals surface area contributed by atoms with E-state index in [2.05, 4.69) is 5.32 Å². The molecule has 0 aliphatic carbocycles. The second-order valence-corrected chi connectivity index (χ2v) is 7.85. The topological polar surface area (TPSA) is 107 Å². The average Bonchev–Trinajstić information content (AvgIpc) is 2.89. The Labute approximate surface area is 157 Å². The van der Waals surface area contributed by atoms with Crippen molar-refractivity contribution in [3.8, 4) is 0 Å². The third kappa shape index (κ3) is 3.51. The molecule has 0 spiro atoms. The number of amides is 3. The molecule has 1 unspecified atom stereocenters. The summed E-state index contributed by atoms with van der Waals surface area (Å²) in [6.45, 7) is 5.73. The van der Waals surface area contributed by atoms with Crippen LogP contribution >= 0.6 is 0 Å². The molecule has 8 heteroatoms. The number of imide groups is 1. The second-order valence-electron chi connectivity index (χ2n) is 7.85. The van der Waals surface area contributed by atoms with E-state index in [1.54, 1.807) is 23.1 Å². The number of nitrogens with one attached hydrogen (secondary N) is 1. The first kappa shape index (κ1) is 18.9. The summed E-state index contributed by atoms with van der Waals surface area (Å²) in [5.41, 5.74) is 1.38. The molecule has 144 valence electrons. The van der Waals surface area contributed by atoms with Gasteiger partial charge in [0.25, 0.3) is 5.91 Å². The van der Waals surface area contributed by atoms with Crippen molar-refractivity contribution in [1.29, 1.82) is 0 Å². The van der Waals surface area contributed by atoms with Crippen LogP contribution in [0.25, 0.3) is 0 Å². The fourth-order valence-corrected chi connectivity index (χ4v) is 3.64. The monoisotopic (exact) mass is 373 g/mol. The maximum absolute atomic E-state index is 12.9. The molecule has 2 heterocycles. The van der Waals surface area contributed by atoms with Crippen molar-refractivity contribution in [2.75, 3.05) is 11.4 Å². The molecule has 27 heavy (non-hydrogen) atoms. The van der Waals surface area contributed by atoms with Gasteiger partial charge in [0, 0.05) is 35.3 Å². The Morgan fingerprint density at radius 3 is 2.59 bits per heavy atom. The number of anilines is 1. The number of hydrogen-bond donors (Lipinski definition) is 2. The molecule has 8 nitrogen and oxygen atoms in total. The maximum Gasteiger partial charge on any atom is 0.323 e. The molecule has 1 aromatic rings. The predicted molar refractivity (Wildman–Crippen MR) is 97.2 cm³/mol. The van der Waals surface area contributed by atoms with Gasteiger partial charge in [-0.3, -0.25) is 24.5 Å². The van der Waals surface area contributed by atoms with E-state index in [1.165, 1.54) is 4.90 Å². The molecular weight excluding hydrogens is 350 g/mol. The number of benzene rings is 1. The summed E-state index contributed by atoms with van der Waals surface area (Å²) < 4.78 is 0. The van der Waals surface area contributed by atoms with Crippen LogP contribution in [0.15, 0.2) is 18.2 Å². The van der Waals surface area contributed by atoms with Gasteiger partial charge in [-0.1, -0.05) is 6.07 Å². The first-order valence-electron chi connectivity index (χ1n) is 8.85. The zero-order valence-corrected chi connectivity index (χ0v) is 15.6. The minimum Gasteiger partial charge on any atom is -0.480 e. The number of nitrogens with zero attached hydrogens (tertiary/aromatic N) is 2. The van der Waals surface area contributed by atoms with E-state index in [-0.39, 0.29) is 37.7 Å². The molecule has 0 saturated carbocycles. The SMILES string of the molecule is CC(C)(C)N(CC(=O)O)c1cccc2c1CN(C1CCC(=O)NC1=O)C2=O. The summed E-state index contributed by atoms with van der Waals surface area (Å²) >= 11 is 0. The van der Waals surface area contributed by atoms with E-state index in [4.69, 9.17) is 0 Å². The molecule has 2 aliphatic heterocycles. The molecule has 2 N–H and O–H groups in total. The fraction of sp³-hybridized carbons (Fsp3) is 0.474. The number of hydrogen-bond acceptors (Lipinski definition) is 5. The number of rotatable bonds is 4. The summed E-state index contributed by atoms with van der Waals surface area (Å²) in [6, 6.07) is 4.52. The number of aliphatic carboxylic acids is 1. The number of carbonyl (C=O) groups is 4. The Morgan fingerprint density at radius 2 is 2.00 bits per heavy atom. The van der Waals surface area contributed by atoms with Crippen molar-refractivity contribution in [1.82, 2.24) is 10.2 Å². The Bertz CT molecular complexity index is 827. The van der Waals surface area contributed by atoms with Gasteiger partial charge in [-0.25, -0.2) is 0 Å². The minimum atomic E-state index is -0.964. The average molecular weight is 373 g/mol. The number of carboxylic acid groups (broad SMARTS) is 1. The largest absolute Gasteiger partial charge is 0.480 e. The van der Waals surface area contributed by atoms with Crippen molar-refractivity contribution in [2.45, 2.75) is 51.7 Å². The molecule has 1 saturated heterocycles. The quantitative estimate of drug-likeness (QED) is 0.767. The highest BCUT2D eigenvalue weighted by Crippen LogP contribution is 2.36. The van der Waals surface area contributed by atoms with Crippen molar-refractivity contribution in [3.63, 3.8) is 0 Å². The van der Waals surface area contributed by atoms with Crippen LogP contribution in [0.1, 0.15) is 49.5 Å². The van der Waals surface area contributed by atoms with E-state index in [1.807, 2.05) is 20.8 Å². The van der Waals surface area contributed by atoms with Gasteiger partial charge < -0.3 is 14.9 Å². The van der Waals surface area contributed by atoms with Crippen LogP contribution in [0.2, 0.25) is 0 Å². The normalized spacial score (nSPS) is 19.7. The highest BCUT2D eigenvalue weighted by molar-refractivity contribution is 6.06. The van der Waals surface area contributed by atoms with Crippen LogP contribution in [-0.4, -0.2) is 51.8 Å². The van der Waals surface area contributed by atoms with Crippen LogP contribution in [0.5, 0.6) is 0 Å². The highest BCUT2D eigenvalue weighted by Gasteiger charge is 2.41. The summed E-state index contributed by atoms with van der Waals surface area (Å²) in [7, 11) is 0. The van der Waals surface area contributed by atoms with Gasteiger partial charge in [-0.2, -0.15) is 0 Å². The van der Waals surface area contributed by atoms with E-state index in [0.29, 0.717) is 16.8 Å². The molecule has 3 rings (SSSR count). The van der Waals surface area contributed by atoms with Crippen molar-refractivity contribution in [3.05, 3.63) is 29.3 Å². The lowest BCUT2D eigenvalue weighted by atomic mass is 10.0. The molecular formula is C19H23N3O5. The zero-order chi connectivity index (χ0) is 19.9. The number of piperidine rings is 1. The van der Waals surface area contributed by atoms with Crippen LogP contribution in [-0.2, 0) is 20.9 Å². The van der Waals surface area contributed by atoms with Crippen molar-refractivity contribution >= 4 is 29.4 Å². The molecule has 3 amide bonds. The van der Waals surface area contributed by atoms with Crippen LogP contribution in [0, 0.1) is 0 Å². The predicted octanol–water partition coefficient (Wildman–Crippen LogP) is 1.14. The van der Waals surface area contributed by atoms with Crippen LogP contribution in [0.3, 0.4) is 0 Å². The van der Waals surface area contributed by atoms with Gasteiger partial charge >= 0.3 is 5.97 Å². The third-order valence-electron chi connectivity index (χ3n) is 4.95. The first-order chi connectivity index (χ1) is 12.6. The van der Waals surface area contributed by atoms with E-state index < -0.39 is 23.5 Å². The van der Waals surface area contributed by atoms with Crippen LogP contribution in [0.4, 0.5) is 5.69 Å². The van der Waals surface area contributed by atoms with Gasteiger partial charge in [-0.15, -0.1) is 0 Å². The van der Waals surface area contributed by atoms with Crippen molar-refractivity contribution < 1.29 is 24.3 Å². The highest BCUT2D eigenvalue weighted by atomic mass is 16.4. The lowest BCUT2D eigenvalue weighted by Gasteiger charge is -2.37. The van der Waals surface area contributed by atoms with Gasteiger partial charge in [0.2, 0.25) is 11.8 Å². The Kier molecular flexibility index (Phi) is 4.67. The standard InChI is InChI=1S/C19H23N3O5/c1-19(2,3)22(10-16(24)25)13-6-4-5-11-12(13)9-21(18(11)27)14-7-8-15(23)20-17(14)26/h4-6,14H,7-10H2,1-3H3,(H,24,25)(H,20,23,26). The van der Waals surface area contributed by atoms with Gasteiger partial charge in [0.1, 0.15) is 12.6 Å². The van der Waals surface area contributed by atoms with Crippen molar-refractivity contribution in [2.24, 2.45) is 0 Å². The van der Waals surface area contributed by atoms with Crippen LogP contribution < -0.4 is 10.2 Å². The minimum absolute atomic E-state index is 0.191. The lowest BCUT2D eigenvalue weighted by molar-refractivity contribution is -0.137. The van der Waals surface area contributed by atoms with Gasteiger partial charge in [0.05, 0.1) is 0 Å². The summed E-state index contributed by atoms with van der Waals surface area (Å²) in [5.74, 6) is -2.03. The number of carboxylic acids is 1. The molecule has 1 fully saturated rings. The summed E-state index contributed by atoms with van der Waals surface area (Å²) in [5, 5.41) is 11.6. The molecule has 0 bridgehead atoms. The Balaban J connectivity index is 1.97. The van der Waals surface area contributed by atoms with Gasteiger partial charge in [0.15, 0.2) is 0 Å².